The van der Waals surface area contributed by atoms with E-state index in [-0.39, 0.29) is 17.9 Å². The molecule has 3 rings (SSSR count). The number of hydrogen-bond donors (Lipinski definition) is 0. The minimum atomic E-state index is -0.108. The van der Waals surface area contributed by atoms with Crippen molar-refractivity contribution >= 4 is 23.2 Å². The summed E-state index contributed by atoms with van der Waals surface area (Å²) in [4.78, 5) is 17.9. The van der Waals surface area contributed by atoms with Crippen molar-refractivity contribution in [2.75, 3.05) is 17.3 Å². The lowest BCUT2D eigenvalue weighted by Gasteiger charge is -2.34. The van der Waals surface area contributed by atoms with E-state index in [2.05, 4.69) is 4.98 Å². The molecule has 21 heavy (non-hydrogen) atoms. The van der Waals surface area contributed by atoms with Crippen LogP contribution in [0.2, 0.25) is 0 Å². The van der Waals surface area contributed by atoms with Crippen LogP contribution in [0.15, 0.2) is 48.8 Å². The number of aromatic nitrogens is 1. The highest BCUT2D eigenvalue weighted by Crippen LogP contribution is 2.33. The highest BCUT2D eigenvalue weighted by molar-refractivity contribution is 6.29. The van der Waals surface area contributed by atoms with E-state index in [1.165, 1.54) is 0 Å². The lowest BCUT2D eigenvalue weighted by molar-refractivity contribution is -0.116. The van der Waals surface area contributed by atoms with Crippen LogP contribution in [0.3, 0.4) is 0 Å². The molecule has 0 N–H and O–H groups in total. The van der Waals surface area contributed by atoms with E-state index in [1.54, 1.807) is 11.1 Å². The summed E-state index contributed by atoms with van der Waals surface area (Å²) >= 11 is 5.72. The van der Waals surface area contributed by atoms with Crippen molar-refractivity contribution < 1.29 is 9.53 Å². The number of rotatable bonds is 3. The average Bonchev–Trinajstić information content (AvgIpc) is 2.54. The van der Waals surface area contributed by atoms with E-state index in [0.29, 0.717) is 13.0 Å². The van der Waals surface area contributed by atoms with Gasteiger partial charge in [-0.25, -0.2) is 0 Å². The van der Waals surface area contributed by atoms with Crippen LogP contribution in [-0.2, 0) is 11.2 Å². The molecule has 2 aromatic rings. The zero-order chi connectivity index (χ0) is 14.7. The van der Waals surface area contributed by atoms with Gasteiger partial charge in [-0.1, -0.05) is 18.2 Å². The number of alkyl halides is 1. The van der Waals surface area contributed by atoms with Gasteiger partial charge in [-0.2, -0.15) is 0 Å². The highest BCUT2D eigenvalue weighted by atomic mass is 35.5. The molecule has 1 unspecified atom stereocenters. The molecular formula is C16H15ClN2O2. The van der Waals surface area contributed by atoms with E-state index < -0.39 is 0 Å². The van der Waals surface area contributed by atoms with Gasteiger partial charge in [0.05, 0.1) is 12.2 Å². The molecule has 2 heterocycles. The summed E-state index contributed by atoms with van der Waals surface area (Å²) in [6, 6.07) is 11.4. The number of benzene rings is 1. The van der Waals surface area contributed by atoms with Crippen molar-refractivity contribution in [3.63, 3.8) is 0 Å². The van der Waals surface area contributed by atoms with Crippen molar-refractivity contribution in [3.05, 3.63) is 54.4 Å². The normalized spacial score (nSPS) is 17.0. The van der Waals surface area contributed by atoms with Gasteiger partial charge in [-0.05, 0) is 23.8 Å². The number of nitrogens with zero attached hydrogens (tertiary/aromatic N) is 2. The molecule has 0 saturated heterocycles. The Balaban J connectivity index is 1.85. The number of anilines is 1. The Morgan fingerprint density at radius 1 is 1.33 bits per heavy atom. The zero-order valence-electron chi connectivity index (χ0n) is 11.4. The van der Waals surface area contributed by atoms with Crippen LogP contribution in [0.4, 0.5) is 5.69 Å². The molecule has 0 aliphatic carbocycles. The summed E-state index contributed by atoms with van der Waals surface area (Å²) in [5.74, 6) is 0.577. The first-order valence-corrected chi connectivity index (χ1v) is 7.32. The SMILES string of the molecule is O=C(CCl)N1CC(Cc2cccnc2)Oc2ccccc21. The maximum Gasteiger partial charge on any atom is 0.242 e. The van der Waals surface area contributed by atoms with Crippen LogP contribution in [0.1, 0.15) is 5.56 Å². The predicted molar refractivity (Wildman–Crippen MR) is 81.9 cm³/mol. The number of hydrogen-bond acceptors (Lipinski definition) is 3. The maximum absolute atomic E-state index is 12.1. The summed E-state index contributed by atoms with van der Waals surface area (Å²) in [6.45, 7) is 0.497. The van der Waals surface area contributed by atoms with Crippen LogP contribution < -0.4 is 9.64 Å². The van der Waals surface area contributed by atoms with Crippen molar-refractivity contribution in [2.45, 2.75) is 12.5 Å². The molecule has 108 valence electrons. The molecule has 4 nitrogen and oxygen atoms in total. The smallest absolute Gasteiger partial charge is 0.242 e. The minimum absolute atomic E-state index is 0.0338. The van der Waals surface area contributed by atoms with Crippen LogP contribution in [0.5, 0.6) is 5.75 Å². The van der Waals surface area contributed by atoms with Crippen molar-refractivity contribution in [3.8, 4) is 5.75 Å². The average molecular weight is 303 g/mol. The Hall–Kier alpha value is -2.07. The molecule has 0 saturated carbocycles. The Bertz CT molecular complexity index is 633. The molecule has 1 amide bonds. The summed E-state index contributed by atoms with van der Waals surface area (Å²) in [5.41, 5.74) is 1.87. The molecule has 0 bridgehead atoms. The Morgan fingerprint density at radius 3 is 2.95 bits per heavy atom. The highest BCUT2D eigenvalue weighted by Gasteiger charge is 2.29. The van der Waals surface area contributed by atoms with Crippen molar-refractivity contribution in [1.29, 1.82) is 0 Å². The van der Waals surface area contributed by atoms with Crippen LogP contribution in [0.25, 0.3) is 0 Å². The fourth-order valence-electron chi connectivity index (χ4n) is 2.49. The number of ether oxygens (including phenoxy) is 1. The summed E-state index contributed by atoms with van der Waals surface area (Å²) in [7, 11) is 0. The standard InChI is InChI=1S/C16H15ClN2O2/c17-9-16(20)19-11-13(8-12-4-3-7-18-10-12)21-15-6-2-1-5-14(15)19/h1-7,10,13H,8-9,11H2. The van der Waals surface area contributed by atoms with E-state index in [1.807, 2.05) is 42.6 Å². The van der Waals surface area contributed by atoms with Gasteiger partial charge in [-0.3, -0.25) is 9.78 Å². The van der Waals surface area contributed by atoms with Gasteiger partial charge in [0, 0.05) is 18.8 Å². The fraction of sp³-hybridized carbons (Fsp3) is 0.250. The molecule has 0 spiro atoms. The third-order valence-electron chi connectivity index (χ3n) is 3.44. The number of pyridine rings is 1. The monoisotopic (exact) mass is 302 g/mol. The Labute approximate surface area is 128 Å². The van der Waals surface area contributed by atoms with Crippen LogP contribution in [0, 0.1) is 0 Å². The molecule has 0 fully saturated rings. The summed E-state index contributed by atoms with van der Waals surface area (Å²) in [6.07, 6.45) is 4.16. The summed E-state index contributed by atoms with van der Waals surface area (Å²) < 4.78 is 6.00. The molecule has 0 radical (unpaired) electrons. The van der Waals surface area contributed by atoms with Gasteiger partial charge in [-0.15, -0.1) is 11.6 Å². The minimum Gasteiger partial charge on any atom is -0.486 e. The molecule has 1 atom stereocenters. The third-order valence-corrected chi connectivity index (χ3v) is 3.67. The van der Waals surface area contributed by atoms with Crippen molar-refractivity contribution in [2.24, 2.45) is 0 Å². The second kappa shape index (κ2) is 6.14. The Morgan fingerprint density at radius 2 is 2.19 bits per heavy atom. The second-order valence-corrected chi connectivity index (χ2v) is 5.18. The summed E-state index contributed by atoms with van der Waals surface area (Å²) in [5, 5.41) is 0. The fourth-order valence-corrected chi connectivity index (χ4v) is 2.64. The molecule has 1 aromatic heterocycles. The molecule has 1 aliphatic rings. The number of halogens is 1. The maximum atomic E-state index is 12.1. The number of para-hydroxylation sites is 2. The lowest BCUT2D eigenvalue weighted by atomic mass is 10.1. The van der Waals surface area contributed by atoms with Crippen LogP contribution >= 0.6 is 11.6 Å². The number of carbonyl (C=O) groups is 1. The predicted octanol–water partition coefficient (Wildman–Crippen LogP) is 2.66. The molecule has 1 aromatic carbocycles. The van der Waals surface area contributed by atoms with Gasteiger partial charge < -0.3 is 9.64 Å². The van der Waals surface area contributed by atoms with Gasteiger partial charge in [0.15, 0.2) is 0 Å². The van der Waals surface area contributed by atoms with E-state index in [9.17, 15) is 4.79 Å². The third kappa shape index (κ3) is 3.00. The van der Waals surface area contributed by atoms with Gasteiger partial charge in [0.1, 0.15) is 17.7 Å². The molecular weight excluding hydrogens is 288 g/mol. The van der Waals surface area contributed by atoms with Crippen molar-refractivity contribution in [1.82, 2.24) is 4.98 Å². The first-order chi connectivity index (χ1) is 10.3. The number of fused-ring (bicyclic) bond motifs is 1. The van der Waals surface area contributed by atoms with E-state index >= 15 is 0 Å². The van der Waals surface area contributed by atoms with Gasteiger partial charge in [0.25, 0.3) is 0 Å². The first kappa shape index (κ1) is 13.9. The number of amides is 1. The van der Waals surface area contributed by atoms with E-state index in [0.717, 1.165) is 17.0 Å². The largest absolute Gasteiger partial charge is 0.486 e. The zero-order valence-corrected chi connectivity index (χ0v) is 12.2. The topological polar surface area (TPSA) is 42.4 Å². The van der Waals surface area contributed by atoms with E-state index in [4.69, 9.17) is 16.3 Å². The molecule has 5 heteroatoms. The van der Waals surface area contributed by atoms with Crippen LogP contribution in [-0.4, -0.2) is 29.4 Å². The van der Waals surface area contributed by atoms with Gasteiger partial charge >= 0.3 is 0 Å². The quantitative estimate of drug-likeness (QED) is 0.819. The Kier molecular flexibility index (Phi) is 4.06. The van der Waals surface area contributed by atoms with Gasteiger partial charge in [0.2, 0.25) is 5.91 Å². The first-order valence-electron chi connectivity index (χ1n) is 6.79. The number of carbonyl (C=O) groups excluding carboxylic acids is 1. The lowest BCUT2D eigenvalue weighted by Crippen LogP contribution is -2.45. The second-order valence-electron chi connectivity index (χ2n) is 4.91. The molecule has 1 aliphatic heterocycles.